The van der Waals surface area contributed by atoms with Crippen LogP contribution in [-0.4, -0.2) is 46.7 Å². The summed E-state index contributed by atoms with van der Waals surface area (Å²) >= 11 is 0. The number of likely N-dealkylation sites (tertiary alicyclic amines) is 1. The van der Waals surface area contributed by atoms with Crippen LogP contribution < -0.4 is 10.1 Å². The Morgan fingerprint density at radius 1 is 1.09 bits per heavy atom. The van der Waals surface area contributed by atoms with E-state index in [9.17, 15) is 14.7 Å². The van der Waals surface area contributed by atoms with Crippen LogP contribution in [0, 0.1) is 0 Å². The zero-order chi connectivity index (χ0) is 23.1. The van der Waals surface area contributed by atoms with E-state index in [-0.39, 0.29) is 30.2 Å². The number of amides is 2. The van der Waals surface area contributed by atoms with Crippen molar-refractivity contribution in [3.05, 3.63) is 59.7 Å². The maximum absolute atomic E-state index is 12.7. The molecule has 0 saturated carbocycles. The number of carbonyl (C=O) groups excluding carboxylic acids is 2. The molecular weight excluding hydrogens is 408 g/mol. The second kappa shape index (κ2) is 10.4. The van der Waals surface area contributed by atoms with Crippen molar-refractivity contribution in [2.24, 2.45) is 0 Å². The highest BCUT2D eigenvalue weighted by Crippen LogP contribution is 2.25. The summed E-state index contributed by atoms with van der Waals surface area (Å²) in [4.78, 5) is 26.5. The van der Waals surface area contributed by atoms with Crippen LogP contribution in [0.3, 0.4) is 0 Å². The normalized spacial score (nSPS) is 14.7. The smallest absolute Gasteiger partial charge is 0.410 e. The standard InChI is InChI=1S/C25H32N2O5/c1-25(2,3)32-24(30)27-13-11-20(12-14-27)26-23(29)16-19-15-21(28)9-10-22(19)31-17-18-7-5-4-6-8-18/h4-10,15,20,28H,11-14,16-17H2,1-3H3,(H,26,29). The number of hydrogen-bond donors (Lipinski definition) is 2. The number of piperidine rings is 1. The Kier molecular flexibility index (Phi) is 7.62. The van der Waals surface area contributed by atoms with Crippen LogP contribution in [0.15, 0.2) is 48.5 Å². The fourth-order valence-electron chi connectivity index (χ4n) is 3.56. The Labute approximate surface area is 189 Å². The molecule has 2 aromatic carbocycles. The molecule has 2 amide bonds. The molecule has 1 fully saturated rings. The van der Waals surface area contributed by atoms with Crippen LogP contribution in [0.2, 0.25) is 0 Å². The predicted octanol–water partition coefficient (Wildman–Crippen LogP) is 4.03. The average molecular weight is 441 g/mol. The number of benzene rings is 2. The van der Waals surface area contributed by atoms with Crippen LogP contribution in [0.25, 0.3) is 0 Å². The maximum atomic E-state index is 12.7. The average Bonchev–Trinajstić information content (AvgIpc) is 2.73. The molecule has 0 atom stereocenters. The molecule has 0 bridgehead atoms. The van der Waals surface area contributed by atoms with Crippen molar-refractivity contribution >= 4 is 12.0 Å². The van der Waals surface area contributed by atoms with E-state index in [4.69, 9.17) is 9.47 Å². The molecule has 7 heteroatoms. The molecule has 1 aliphatic rings. The third-order valence-electron chi connectivity index (χ3n) is 5.14. The molecule has 1 heterocycles. The molecule has 172 valence electrons. The van der Waals surface area contributed by atoms with Crippen molar-refractivity contribution in [1.82, 2.24) is 10.2 Å². The van der Waals surface area contributed by atoms with E-state index in [0.29, 0.717) is 43.9 Å². The number of hydrogen-bond acceptors (Lipinski definition) is 5. The molecule has 0 unspecified atom stereocenters. The summed E-state index contributed by atoms with van der Waals surface area (Å²) < 4.78 is 11.3. The second-order valence-corrected chi connectivity index (χ2v) is 9.05. The van der Waals surface area contributed by atoms with Gasteiger partial charge in [0.15, 0.2) is 0 Å². The molecule has 1 aliphatic heterocycles. The van der Waals surface area contributed by atoms with Gasteiger partial charge in [0.1, 0.15) is 23.7 Å². The van der Waals surface area contributed by atoms with Crippen molar-refractivity contribution in [3.8, 4) is 11.5 Å². The van der Waals surface area contributed by atoms with Gasteiger partial charge in [0.2, 0.25) is 5.91 Å². The lowest BCUT2D eigenvalue weighted by Crippen LogP contribution is -2.48. The van der Waals surface area contributed by atoms with Crippen molar-refractivity contribution in [2.45, 2.75) is 58.3 Å². The van der Waals surface area contributed by atoms with E-state index in [1.807, 2.05) is 51.1 Å². The Balaban J connectivity index is 1.52. The van der Waals surface area contributed by atoms with Gasteiger partial charge >= 0.3 is 6.09 Å². The lowest BCUT2D eigenvalue weighted by atomic mass is 10.0. The largest absolute Gasteiger partial charge is 0.508 e. The zero-order valence-electron chi connectivity index (χ0n) is 19.0. The van der Waals surface area contributed by atoms with Gasteiger partial charge in [0.25, 0.3) is 0 Å². The molecular formula is C25H32N2O5. The molecule has 7 nitrogen and oxygen atoms in total. The Morgan fingerprint density at radius 2 is 1.78 bits per heavy atom. The quantitative estimate of drug-likeness (QED) is 0.708. The van der Waals surface area contributed by atoms with Crippen LogP contribution in [-0.2, 0) is 22.6 Å². The lowest BCUT2D eigenvalue weighted by Gasteiger charge is -2.33. The summed E-state index contributed by atoms with van der Waals surface area (Å²) in [7, 11) is 0. The number of carbonyl (C=O) groups is 2. The summed E-state index contributed by atoms with van der Waals surface area (Å²) in [5.41, 5.74) is 1.13. The van der Waals surface area contributed by atoms with Crippen molar-refractivity contribution in [3.63, 3.8) is 0 Å². The number of nitrogens with one attached hydrogen (secondary N) is 1. The molecule has 3 rings (SSSR count). The van der Waals surface area contributed by atoms with E-state index >= 15 is 0 Å². The molecule has 1 saturated heterocycles. The van der Waals surface area contributed by atoms with E-state index < -0.39 is 5.60 Å². The number of phenolic OH excluding ortho intramolecular Hbond substituents is 1. The van der Waals surface area contributed by atoms with Gasteiger partial charge in [-0.25, -0.2) is 4.79 Å². The maximum Gasteiger partial charge on any atom is 0.410 e. The number of ether oxygens (including phenoxy) is 2. The number of nitrogens with zero attached hydrogens (tertiary/aromatic N) is 1. The first-order chi connectivity index (χ1) is 15.2. The van der Waals surface area contributed by atoms with Gasteiger partial charge in [-0.1, -0.05) is 30.3 Å². The van der Waals surface area contributed by atoms with Crippen LogP contribution >= 0.6 is 0 Å². The fourth-order valence-corrected chi connectivity index (χ4v) is 3.56. The molecule has 2 aromatic rings. The highest BCUT2D eigenvalue weighted by Gasteiger charge is 2.27. The van der Waals surface area contributed by atoms with E-state index in [1.165, 1.54) is 0 Å². The molecule has 0 aromatic heterocycles. The molecule has 0 aliphatic carbocycles. The Morgan fingerprint density at radius 3 is 2.44 bits per heavy atom. The number of phenols is 1. The Hall–Kier alpha value is -3.22. The highest BCUT2D eigenvalue weighted by atomic mass is 16.6. The summed E-state index contributed by atoms with van der Waals surface area (Å²) in [6, 6.07) is 14.5. The van der Waals surface area contributed by atoms with Gasteiger partial charge in [0.05, 0.1) is 6.42 Å². The van der Waals surface area contributed by atoms with Gasteiger partial charge in [-0.3, -0.25) is 4.79 Å². The van der Waals surface area contributed by atoms with E-state index in [1.54, 1.807) is 23.1 Å². The zero-order valence-corrected chi connectivity index (χ0v) is 19.0. The third kappa shape index (κ3) is 7.18. The highest BCUT2D eigenvalue weighted by molar-refractivity contribution is 5.80. The van der Waals surface area contributed by atoms with E-state index in [0.717, 1.165) is 5.56 Å². The lowest BCUT2D eigenvalue weighted by molar-refractivity contribution is -0.121. The first-order valence-electron chi connectivity index (χ1n) is 11.0. The van der Waals surface area contributed by atoms with Crippen molar-refractivity contribution in [1.29, 1.82) is 0 Å². The van der Waals surface area contributed by atoms with Crippen LogP contribution in [0.5, 0.6) is 11.5 Å². The van der Waals surface area contributed by atoms with Gasteiger partial charge < -0.3 is 24.8 Å². The summed E-state index contributed by atoms with van der Waals surface area (Å²) in [6.45, 7) is 6.99. The topological polar surface area (TPSA) is 88.1 Å². The van der Waals surface area contributed by atoms with Crippen molar-refractivity contribution in [2.75, 3.05) is 13.1 Å². The first kappa shape index (κ1) is 23.4. The SMILES string of the molecule is CC(C)(C)OC(=O)N1CCC(NC(=O)Cc2cc(O)ccc2OCc2ccccc2)CC1. The predicted molar refractivity (Wildman–Crippen MR) is 122 cm³/mol. The van der Waals surface area contributed by atoms with Crippen LogP contribution in [0.4, 0.5) is 4.79 Å². The summed E-state index contributed by atoms with van der Waals surface area (Å²) in [6.07, 6.45) is 1.12. The minimum absolute atomic E-state index is 0.00724. The fraction of sp³-hybridized carbons (Fsp3) is 0.440. The van der Waals surface area contributed by atoms with Gasteiger partial charge in [0, 0.05) is 24.7 Å². The molecule has 2 N–H and O–H groups in total. The van der Waals surface area contributed by atoms with Crippen molar-refractivity contribution < 1.29 is 24.2 Å². The minimum atomic E-state index is -0.524. The van der Waals surface area contributed by atoms with Gasteiger partial charge in [-0.15, -0.1) is 0 Å². The monoisotopic (exact) mass is 440 g/mol. The van der Waals surface area contributed by atoms with Gasteiger partial charge in [-0.05, 0) is 57.4 Å². The van der Waals surface area contributed by atoms with Crippen LogP contribution in [0.1, 0.15) is 44.7 Å². The second-order valence-electron chi connectivity index (χ2n) is 9.05. The summed E-state index contributed by atoms with van der Waals surface area (Å²) in [5.74, 6) is 0.517. The molecule has 0 spiro atoms. The molecule has 32 heavy (non-hydrogen) atoms. The molecule has 0 radical (unpaired) electrons. The summed E-state index contributed by atoms with van der Waals surface area (Å²) in [5, 5.41) is 12.9. The Bertz CT molecular complexity index is 916. The minimum Gasteiger partial charge on any atom is -0.508 e. The van der Waals surface area contributed by atoms with Gasteiger partial charge in [-0.2, -0.15) is 0 Å². The first-order valence-corrected chi connectivity index (χ1v) is 11.0. The van der Waals surface area contributed by atoms with E-state index in [2.05, 4.69) is 5.32 Å². The number of rotatable bonds is 6. The third-order valence-corrected chi connectivity index (χ3v) is 5.14. The number of aromatic hydroxyl groups is 1.